The number of carboxylic acid groups (broad SMARTS) is 1. The highest BCUT2D eigenvalue weighted by Gasteiger charge is 2.38. The van der Waals surface area contributed by atoms with E-state index in [0.29, 0.717) is 11.8 Å². The highest BCUT2D eigenvalue weighted by atomic mass is 32.2. The van der Waals surface area contributed by atoms with Gasteiger partial charge in [0.1, 0.15) is 16.4 Å². The van der Waals surface area contributed by atoms with Crippen LogP contribution in [0.5, 0.6) is 0 Å². The van der Waals surface area contributed by atoms with Crippen molar-refractivity contribution in [3.05, 3.63) is 50.1 Å². The third kappa shape index (κ3) is 5.99. The number of nitrogens with zero attached hydrogens (tertiary/aromatic N) is 3. The molecule has 2 aromatic rings. The van der Waals surface area contributed by atoms with E-state index in [1.807, 2.05) is 0 Å². The molecule has 1 aliphatic heterocycles. The number of amides is 3. The summed E-state index contributed by atoms with van der Waals surface area (Å²) >= 11 is 6.65. The van der Waals surface area contributed by atoms with Crippen LogP contribution in [0.4, 0.5) is 25.7 Å². The van der Waals surface area contributed by atoms with E-state index in [4.69, 9.17) is 22.1 Å². The van der Waals surface area contributed by atoms with Crippen molar-refractivity contribution in [2.75, 3.05) is 23.8 Å². The smallest absolute Gasteiger partial charge is 0.341 e. The van der Waals surface area contributed by atoms with Gasteiger partial charge >= 0.3 is 23.7 Å². The molecular weight excluding hydrogens is 541 g/mol. The highest BCUT2D eigenvalue weighted by Crippen LogP contribution is 2.38. The summed E-state index contributed by atoms with van der Waals surface area (Å²) in [6.07, 6.45) is 0. The van der Waals surface area contributed by atoms with Gasteiger partial charge in [0.05, 0.1) is 22.1 Å². The number of thiazole rings is 1. The van der Waals surface area contributed by atoms with Gasteiger partial charge in [-0.2, -0.15) is 4.39 Å². The third-order valence-corrected chi connectivity index (χ3v) is 6.44. The standard InChI is InChI=1S/C19H14FN5O8S3/c1-2-33-16(29)13(14-15(28)24(6-12(26)27)19(34)36-14)10-7-35-18(22-10)23-17(30)21-8-3-4-9(20)11(5-8)25(31)32/h3-5,7H,2,6H2,1H3,(H,26,27)(H2,21,22,23,30). The number of nitro benzene ring substituents is 1. The Morgan fingerprint density at radius 1 is 1.33 bits per heavy atom. The van der Waals surface area contributed by atoms with E-state index < -0.39 is 46.8 Å². The molecule has 0 atom stereocenters. The van der Waals surface area contributed by atoms with E-state index in [0.717, 1.165) is 34.4 Å². The predicted molar refractivity (Wildman–Crippen MR) is 131 cm³/mol. The van der Waals surface area contributed by atoms with Crippen LogP contribution in [-0.2, 0) is 19.1 Å². The average Bonchev–Trinajstić information content (AvgIpc) is 3.35. The Morgan fingerprint density at radius 3 is 2.69 bits per heavy atom. The minimum Gasteiger partial charge on any atom is -0.480 e. The molecule has 0 bridgehead atoms. The minimum atomic E-state index is -1.30. The van der Waals surface area contributed by atoms with Crippen molar-refractivity contribution in [2.45, 2.75) is 6.92 Å². The number of carbonyl (C=O) groups excluding carboxylic acids is 3. The van der Waals surface area contributed by atoms with Crippen LogP contribution in [0, 0.1) is 15.9 Å². The maximum Gasteiger partial charge on any atom is 0.341 e. The SMILES string of the molecule is CCOC(=O)C(=C1SC(=S)N(CC(=O)O)C1=O)c1csc(NC(=O)Nc2ccc(F)c([N+](=O)[O-])c2)n1. The number of nitrogens with one attached hydrogen (secondary N) is 2. The first kappa shape index (κ1) is 26.6. The zero-order chi connectivity index (χ0) is 26.6. The highest BCUT2D eigenvalue weighted by molar-refractivity contribution is 8.26. The molecule has 17 heteroatoms. The Labute approximate surface area is 214 Å². The van der Waals surface area contributed by atoms with Crippen molar-refractivity contribution < 1.29 is 38.3 Å². The number of esters is 1. The van der Waals surface area contributed by atoms with E-state index in [1.165, 1.54) is 5.38 Å². The van der Waals surface area contributed by atoms with Crippen molar-refractivity contribution in [3.63, 3.8) is 0 Å². The second-order valence-corrected chi connectivity index (χ2v) is 9.12. The average molecular weight is 556 g/mol. The van der Waals surface area contributed by atoms with Gasteiger partial charge in [0, 0.05) is 17.1 Å². The van der Waals surface area contributed by atoms with Crippen LogP contribution in [0.3, 0.4) is 0 Å². The molecular formula is C19H14FN5O8S3. The van der Waals surface area contributed by atoms with Gasteiger partial charge in [0.15, 0.2) is 5.13 Å². The van der Waals surface area contributed by atoms with E-state index >= 15 is 0 Å². The summed E-state index contributed by atoms with van der Waals surface area (Å²) in [6.45, 7) is 0.818. The molecule has 3 amide bonds. The maximum absolute atomic E-state index is 13.5. The van der Waals surface area contributed by atoms with Gasteiger partial charge in [-0.25, -0.2) is 14.6 Å². The third-order valence-electron chi connectivity index (χ3n) is 4.23. The molecule has 3 N–H and O–H groups in total. The lowest BCUT2D eigenvalue weighted by Gasteiger charge is -2.11. The van der Waals surface area contributed by atoms with E-state index in [-0.39, 0.29) is 37.9 Å². The fraction of sp³-hybridized carbons (Fsp3) is 0.158. The van der Waals surface area contributed by atoms with Crippen molar-refractivity contribution in [2.24, 2.45) is 0 Å². The van der Waals surface area contributed by atoms with Crippen molar-refractivity contribution in [1.82, 2.24) is 9.88 Å². The van der Waals surface area contributed by atoms with Crippen molar-refractivity contribution >= 4 is 85.6 Å². The normalized spacial score (nSPS) is 14.4. The molecule has 1 aromatic carbocycles. The number of hydrogen-bond acceptors (Lipinski definition) is 11. The molecule has 36 heavy (non-hydrogen) atoms. The minimum absolute atomic E-state index is 0.0260. The molecule has 0 unspecified atom stereocenters. The lowest BCUT2D eigenvalue weighted by Crippen LogP contribution is -2.33. The molecule has 0 saturated carbocycles. The fourth-order valence-corrected chi connectivity index (χ4v) is 4.79. The number of ether oxygens (including phenoxy) is 1. The van der Waals surface area contributed by atoms with Crippen LogP contribution in [0.1, 0.15) is 12.6 Å². The van der Waals surface area contributed by atoms with Crippen molar-refractivity contribution in [3.8, 4) is 0 Å². The van der Waals surface area contributed by atoms with Crippen LogP contribution in [0.2, 0.25) is 0 Å². The Hall–Kier alpha value is -3.96. The number of carbonyl (C=O) groups is 4. The quantitative estimate of drug-likeness (QED) is 0.143. The molecule has 0 spiro atoms. The zero-order valence-electron chi connectivity index (χ0n) is 18.0. The summed E-state index contributed by atoms with van der Waals surface area (Å²) in [7, 11) is 0. The van der Waals surface area contributed by atoms with Crippen LogP contribution < -0.4 is 10.6 Å². The molecule has 188 valence electrons. The zero-order valence-corrected chi connectivity index (χ0v) is 20.4. The van der Waals surface area contributed by atoms with Gasteiger partial charge < -0.3 is 15.2 Å². The second-order valence-electron chi connectivity index (χ2n) is 6.62. The number of hydrogen-bond donors (Lipinski definition) is 3. The number of nitro groups is 1. The number of thiocarbonyl (C=S) groups is 1. The largest absolute Gasteiger partial charge is 0.480 e. The molecule has 0 aliphatic carbocycles. The fourth-order valence-electron chi connectivity index (χ4n) is 2.77. The van der Waals surface area contributed by atoms with Crippen LogP contribution in [-0.4, -0.2) is 61.3 Å². The first-order valence-electron chi connectivity index (χ1n) is 9.66. The molecule has 3 rings (SSSR count). The number of aromatic nitrogens is 1. The summed E-state index contributed by atoms with van der Waals surface area (Å²) in [5.41, 5.74) is -1.20. The summed E-state index contributed by atoms with van der Waals surface area (Å²) in [5.74, 6) is -4.10. The number of thioether (sulfide) groups is 1. The topological polar surface area (TPSA) is 181 Å². The Balaban J connectivity index is 1.85. The molecule has 13 nitrogen and oxygen atoms in total. The van der Waals surface area contributed by atoms with E-state index in [2.05, 4.69) is 15.6 Å². The Kier molecular flexibility index (Phi) is 8.28. The molecule has 1 fully saturated rings. The van der Waals surface area contributed by atoms with Crippen LogP contribution in [0.25, 0.3) is 5.57 Å². The van der Waals surface area contributed by atoms with Crippen LogP contribution in [0.15, 0.2) is 28.5 Å². The Bertz CT molecular complexity index is 1330. The summed E-state index contributed by atoms with van der Waals surface area (Å²) in [6, 6.07) is 1.90. The molecule has 0 radical (unpaired) electrons. The van der Waals surface area contributed by atoms with Gasteiger partial charge in [-0.1, -0.05) is 24.0 Å². The van der Waals surface area contributed by atoms with Gasteiger partial charge in [-0.15, -0.1) is 11.3 Å². The molecule has 2 heterocycles. The monoisotopic (exact) mass is 555 g/mol. The number of anilines is 2. The number of halogens is 1. The van der Waals surface area contributed by atoms with Crippen LogP contribution >= 0.6 is 35.3 Å². The number of aliphatic carboxylic acids is 1. The molecule has 1 aromatic heterocycles. The number of benzene rings is 1. The maximum atomic E-state index is 13.5. The summed E-state index contributed by atoms with van der Waals surface area (Å²) < 4.78 is 18.4. The van der Waals surface area contributed by atoms with E-state index in [1.54, 1.807) is 6.92 Å². The first-order valence-corrected chi connectivity index (χ1v) is 11.8. The second kappa shape index (κ2) is 11.2. The van der Waals surface area contributed by atoms with Crippen molar-refractivity contribution in [1.29, 1.82) is 0 Å². The lowest BCUT2D eigenvalue weighted by atomic mass is 10.2. The first-order chi connectivity index (χ1) is 17.0. The number of carboxylic acids is 1. The summed E-state index contributed by atoms with van der Waals surface area (Å²) in [5, 5.41) is 25.9. The Morgan fingerprint density at radius 2 is 2.06 bits per heavy atom. The number of urea groups is 1. The predicted octanol–water partition coefficient (Wildman–Crippen LogP) is 3.05. The van der Waals surface area contributed by atoms with Gasteiger partial charge in [-0.05, 0) is 19.1 Å². The van der Waals surface area contributed by atoms with E-state index in [9.17, 15) is 33.7 Å². The number of rotatable bonds is 8. The molecule has 1 saturated heterocycles. The van der Waals surface area contributed by atoms with Gasteiger partial charge in [0.25, 0.3) is 5.91 Å². The van der Waals surface area contributed by atoms with Gasteiger partial charge in [-0.3, -0.25) is 29.9 Å². The molecule has 1 aliphatic rings. The van der Waals surface area contributed by atoms with Gasteiger partial charge in [0.2, 0.25) is 5.82 Å². The lowest BCUT2D eigenvalue weighted by molar-refractivity contribution is -0.387. The summed E-state index contributed by atoms with van der Waals surface area (Å²) in [4.78, 5) is 63.5.